The Morgan fingerprint density at radius 3 is 2.30 bits per heavy atom. The molecule has 1 aliphatic heterocycles. The van der Waals surface area contributed by atoms with E-state index in [-0.39, 0.29) is 34.7 Å². The third-order valence-electron chi connectivity index (χ3n) is 13.4. The van der Waals surface area contributed by atoms with E-state index in [1.807, 2.05) is 24.3 Å². The minimum absolute atomic E-state index is 0.0289. The Morgan fingerprint density at radius 1 is 0.860 bits per heavy atom. The Balaban J connectivity index is 1.27. The molecule has 6 aliphatic rings. The van der Waals surface area contributed by atoms with Crippen molar-refractivity contribution in [3.05, 3.63) is 59.2 Å². The van der Waals surface area contributed by atoms with Crippen LogP contribution in [-0.4, -0.2) is 51.6 Å². The average molecular weight is 584 g/mol. The van der Waals surface area contributed by atoms with Crippen molar-refractivity contribution in [2.45, 2.75) is 108 Å². The molecule has 1 unspecified atom stereocenters. The van der Waals surface area contributed by atoms with Crippen LogP contribution in [0.1, 0.15) is 94.7 Å². The SMILES string of the molecule is CC1(C)COC2(CC[C@@]34Cc5cc(-c6ccc(C#N)cc6)ccc5C5C[C@]6(C)[C@@H](O)CC[C@H]6[C@H](CC[C@@]3(O)C2)[C@]54O)OC1. The molecule has 0 bridgehead atoms. The highest BCUT2D eigenvalue weighted by Crippen LogP contribution is 2.75. The lowest BCUT2D eigenvalue weighted by Crippen LogP contribution is -2.78. The fraction of sp³-hybridized carbons (Fsp3) is 0.649. The maximum atomic E-state index is 13.5. The summed E-state index contributed by atoms with van der Waals surface area (Å²) in [5.74, 6) is -0.714. The predicted molar refractivity (Wildman–Crippen MR) is 162 cm³/mol. The normalized spacial score (nSPS) is 43.6. The van der Waals surface area contributed by atoms with Crippen LogP contribution in [0.25, 0.3) is 11.1 Å². The van der Waals surface area contributed by atoms with E-state index in [4.69, 9.17) is 9.47 Å². The van der Waals surface area contributed by atoms with Gasteiger partial charge < -0.3 is 24.8 Å². The lowest BCUT2D eigenvalue weighted by molar-refractivity contribution is -0.378. The second kappa shape index (κ2) is 8.92. The molecule has 3 N–H and O–H groups in total. The van der Waals surface area contributed by atoms with E-state index in [9.17, 15) is 20.6 Å². The van der Waals surface area contributed by atoms with Crippen molar-refractivity contribution in [3.63, 3.8) is 0 Å². The molecule has 1 saturated heterocycles. The van der Waals surface area contributed by atoms with Crippen molar-refractivity contribution < 1.29 is 24.8 Å². The van der Waals surface area contributed by atoms with E-state index >= 15 is 0 Å². The molecule has 0 radical (unpaired) electrons. The van der Waals surface area contributed by atoms with Crippen LogP contribution in [0.15, 0.2) is 42.5 Å². The number of nitrogens with zero attached hydrogens (tertiary/aromatic N) is 1. The van der Waals surface area contributed by atoms with Crippen LogP contribution in [0.3, 0.4) is 0 Å². The minimum atomic E-state index is -1.14. The van der Waals surface area contributed by atoms with Gasteiger partial charge in [-0.2, -0.15) is 5.26 Å². The highest BCUT2D eigenvalue weighted by atomic mass is 16.7. The number of fused-ring (bicyclic) bond motifs is 4. The van der Waals surface area contributed by atoms with E-state index in [1.165, 1.54) is 11.1 Å². The summed E-state index contributed by atoms with van der Waals surface area (Å²) in [7, 11) is 0. The number of hydrogen-bond donors (Lipinski definition) is 3. The molecule has 8 atom stereocenters. The molecule has 43 heavy (non-hydrogen) atoms. The third kappa shape index (κ3) is 3.64. The second-order valence-electron chi connectivity index (χ2n) is 16.2. The van der Waals surface area contributed by atoms with Gasteiger partial charge >= 0.3 is 0 Å². The van der Waals surface area contributed by atoms with Crippen LogP contribution in [0.4, 0.5) is 0 Å². The van der Waals surface area contributed by atoms with Crippen LogP contribution in [0.2, 0.25) is 0 Å². The number of ether oxygens (including phenoxy) is 2. The third-order valence-corrected chi connectivity index (χ3v) is 13.4. The Kier molecular flexibility index (Phi) is 5.86. The topological polar surface area (TPSA) is 103 Å². The number of aliphatic hydroxyl groups excluding tert-OH is 1. The lowest BCUT2D eigenvalue weighted by atomic mass is 9.35. The van der Waals surface area contributed by atoms with Gasteiger partial charge in [0.15, 0.2) is 5.79 Å². The number of aliphatic hydroxyl groups is 3. The Labute approximate surface area is 255 Å². The van der Waals surface area contributed by atoms with Gasteiger partial charge in [0.05, 0.1) is 42.2 Å². The molecule has 2 aromatic rings. The molecule has 1 heterocycles. The van der Waals surface area contributed by atoms with Gasteiger partial charge in [-0.05, 0) is 96.6 Å². The van der Waals surface area contributed by atoms with Gasteiger partial charge in [0, 0.05) is 29.6 Å². The van der Waals surface area contributed by atoms with Crippen molar-refractivity contribution in [3.8, 4) is 17.2 Å². The Morgan fingerprint density at radius 2 is 1.58 bits per heavy atom. The summed E-state index contributed by atoms with van der Waals surface area (Å²) in [6.45, 7) is 7.75. The fourth-order valence-electron chi connectivity index (χ4n) is 11.2. The van der Waals surface area contributed by atoms with E-state index in [0.29, 0.717) is 50.9 Å². The quantitative estimate of drug-likeness (QED) is 0.389. The first-order chi connectivity index (χ1) is 20.4. The smallest absolute Gasteiger partial charge is 0.171 e. The predicted octanol–water partition coefficient (Wildman–Crippen LogP) is 5.86. The van der Waals surface area contributed by atoms with Crippen molar-refractivity contribution in [2.24, 2.45) is 28.1 Å². The molecule has 5 aliphatic carbocycles. The molecule has 2 spiro atoms. The molecule has 2 aromatic carbocycles. The van der Waals surface area contributed by atoms with Gasteiger partial charge in [-0.3, -0.25) is 0 Å². The monoisotopic (exact) mass is 583 g/mol. The highest BCUT2D eigenvalue weighted by Gasteiger charge is 2.78. The zero-order valence-electron chi connectivity index (χ0n) is 25.7. The van der Waals surface area contributed by atoms with Crippen LogP contribution in [-0.2, 0) is 15.9 Å². The van der Waals surface area contributed by atoms with E-state index in [1.54, 1.807) is 0 Å². The van der Waals surface area contributed by atoms with Gasteiger partial charge in [-0.25, -0.2) is 0 Å². The largest absolute Gasteiger partial charge is 0.393 e. The molecule has 5 fully saturated rings. The number of nitriles is 1. The molecule has 6 nitrogen and oxygen atoms in total. The van der Waals surface area contributed by atoms with E-state index < -0.39 is 22.4 Å². The van der Waals surface area contributed by atoms with Crippen LogP contribution >= 0.6 is 0 Å². The van der Waals surface area contributed by atoms with Crippen LogP contribution < -0.4 is 0 Å². The second-order valence-corrected chi connectivity index (χ2v) is 16.2. The summed E-state index contributed by atoms with van der Waals surface area (Å²) in [4.78, 5) is 0. The van der Waals surface area contributed by atoms with Crippen molar-refractivity contribution >= 4 is 0 Å². The summed E-state index contributed by atoms with van der Waals surface area (Å²) >= 11 is 0. The molecule has 0 aromatic heterocycles. The van der Waals surface area contributed by atoms with Gasteiger partial charge in [0.2, 0.25) is 0 Å². The van der Waals surface area contributed by atoms with Crippen molar-refractivity contribution in [1.29, 1.82) is 5.26 Å². The summed E-state index contributed by atoms with van der Waals surface area (Å²) in [6, 6.07) is 16.5. The summed E-state index contributed by atoms with van der Waals surface area (Å²) in [5.41, 5.74) is 1.86. The standard InChI is InChI=1S/C37H45NO5/c1-32(2)21-42-36(43-22-32)15-14-34-17-26-16-25(24-6-4-23(19-38)5-7-24)8-9-27(26)30-18-33(3)28(10-11-31(33)39)29(37(30,34)41)12-13-35(34,40)20-36/h4-9,16,28-31,39-41H,10-15,17-18,20-22H2,1-3H3/t28-,29-,30?,31-,33-,34+,35+,37-/m0/s1. The zero-order valence-corrected chi connectivity index (χ0v) is 25.7. The maximum absolute atomic E-state index is 13.5. The molecule has 228 valence electrons. The molecule has 0 amide bonds. The molecule has 6 heteroatoms. The number of rotatable bonds is 1. The van der Waals surface area contributed by atoms with Crippen LogP contribution in [0.5, 0.6) is 0 Å². The average Bonchev–Trinajstić information content (AvgIpc) is 3.28. The molecular formula is C37H45NO5. The number of hydrogen-bond acceptors (Lipinski definition) is 6. The highest BCUT2D eigenvalue weighted by molar-refractivity contribution is 5.67. The van der Waals surface area contributed by atoms with E-state index in [0.717, 1.165) is 36.8 Å². The number of benzene rings is 2. The van der Waals surface area contributed by atoms with Gasteiger partial charge in [-0.15, -0.1) is 0 Å². The summed E-state index contributed by atoms with van der Waals surface area (Å²) in [6.07, 6.45) is 5.71. The summed E-state index contributed by atoms with van der Waals surface area (Å²) < 4.78 is 13.0. The van der Waals surface area contributed by atoms with Crippen molar-refractivity contribution in [1.82, 2.24) is 0 Å². The van der Waals surface area contributed by atoms with Crippen LogP contribution in [0, 0.1) is 39.4 Å². The Hall–Kier alpha value is -2.27. The molecule has 8 rings (SSSR count). The molecular weight excluding hydrogens is 538 g/mol. The van der Waals surface area contributed by atoms with E-state index in [2.05, 4.69) is 45.0 Å². The summed E-state index contributed by atoms with van der Waals surface area (Å²) in [5, 5.41) is 47.1. The Bertz CT molecular complexity index is 1500. The lowest BCUT2D eigenvalue weighted by Gasteiger charge is -2.73. The first-order valence-electron chi connectivity index (χ1n) is 16.4. The fourth-order valence-corrected chi connectivity index (χ4v) is 11.2. The maximum Gasteiger partial charge on any atom is 0.171 e. The van der Waals surface area contributed by atoms with Gasteiger partial charge in [0.25, 0.3) is 0 Å². The minimum Gasteiger partial charge on any atom is -0.393 e. The first kappa shape index (κ1) is 28.2. The van der Waals surface area contributed by atoms with Gasteiger partial charge in [-0.1, -0.05) is 51.1 Å². The van der Waals surface area contributed by atoms with Gasteiger partial charge in [0.1, 0.15) is 0 Å². The zero-order chi connectivity index (χ0) is 30.0. The first-order valence-corrected chi connectivity index (χ1v) is 16.4. The molecule has 4 saturated carbocycles. The van der Waals surface area contributed by atoms with Crippen molar-refractivity contribution in [2.75, 3.05) is 13.2 Å².